The fraction of sp³-hybridized carbons (Fsp3) is 0.125. The van der Waals surface area contributed by atoms with Crippen LogP contribution in [0.3, 0.4) is 0 Å². The second-order valence-electron chi connectivity index (χ2n) is 2.20. The molecule has 0 bridgehead atoms. The molecule has 1 amide bonds. The van der Waals surface area contributed by atoms with Crippen LogP contribution in [0.1, 0.15) is 5.56 Å². The third-order valence-electron chi connectivity index (χ3n) is 1.42. The number of hydrogen-bond donors (Lipinski definition) is 1. The Morgan fingerprint density at radius 3 is 2.42 bits per heavy atom. The Morgan fingerprint density at radius 1 is 1.33 bits per heavy atom. The highest BCUT2D eigenvalue weighted by Crippen LogP contribution is 2.23. The SMILES string of the molecule is O=CNCc1c(Cl)cccc1Cl. The molecule has 0 aromatic heterocycles. The summed E-state index contributed by atoms with van der Waals surface area (Å²) in [5.74, 6) is 0. The summed E-state index contributed by atoms with van der Waals surface area (Å²) in [7, 11) is 0. The first-order valence-electron chi connectivity index (χ1n) is 3.35. The van der Waals surface area contributed by atoms with Gasteiger partial charge in [0.15, 0.2) is 0 Å². The number of benzene rings is 1. The maximum Gasteiger partial charge on any atom is 0.207 e. The average Bonchev–Trinajstić information content (AvgIpc) is 2.04. The van der Waals surface area contributed by atoms with Crippen molar-refractivity contribution in [1.29, 1.82) is 0 Å². The van der Waals surface area contributed by atoms with Gasteiger partial charge >= 0.3 is 0 Å². The summed E-state index contributed by atoms with van der Waals surface area (Å²) < 4.78 is 0. The Balaban J connectivity index is 2.88. The van der Waals surface area contributed by atoms with E-state index in [-0.39, 0.29) is 0 Å². The molecule has 0 atom stereocenters. The van der Waals surface area contributed by atoms with Crippen LogP contribution in [0.2, 0.25) is 10.0 Å². The zero-order chi connectivity index (χ0) is 8.97. The number of halogens is 2. The summed E-state index contributed by atoms with van der Waals surface area (Å²) in [6.07, 6.45) is 0.611. The van der Waals surface area contributed by atoms with E-state index < -0.39 is 0 Å². The Hall–Kier alpha value is -0.730. The van der Waals surface area contributed by atoms with Gasteiger partial charge < -0.3 is 5.32 Å². The van der Waals surface area contributed by atoms with Gasteiger partial charge in [-0.3, -0.25) is 4.79 Å². The largest absolute Gasteiger partial charge is 0.354 e. The fourth-order valence-corrected chi connectivity index (χ4v) is 1.38. The van der Waals surface area contributed by atoms with Gasteiger partial charge in [0.2, 0.25) is 6.41 Å². The van der Waals surface area contributed by atoms with Gasteiger partial charge in [0.05, 0.1) is 0 Å². The second kappa shape index (κ2) is 4.33. The summed E-state index contributed by atoms with van der Waals surface area (Å²) in [5.41, 5.74) is 0.743. The number of carbonyl (C=O) groups excluding carboxylic acids is 1. The van der Waals surface area contributed by atoms with E-state index in [1.807, 2.05) is 0 Å². The molecule has 0 fully saturated rings. The molecule has 1 aromatic rings. The molecule has 0 aliphatic carbocycles. The van der Waals surface area contributed by atoms with Gasteiger partial charge in [-0.2, -0.15) is 0 Å². The molecule has 0 saturated heterocycles. The Morgan fingerprint density at radius 2 is 1.92 bits per heavy atom. The molecule has 0 spiro atoms. The number of carbonyl (C=O) groups is 1. The molecule has 0 unspecified atom stereocenters. The van der Waals surface area contributed by atoms with E-state index in [4.69, 9.17) is 23.2 Å². The van der Waals surface area contributed by atoms with Gasteiger partial charge in [0.1, 0.15) is 0 Å². The maximum absolute atomic E-state index is 10.0. The van der Waals surface area contributed by atoms with Crippen LogP contribution in [0.5, 0.6) is 0 Å². The summed E-state index contributed by atoms with van der Waals surface area (Å²) >= 11 is 11.6. The molecule has 1 N–H and O–H groups in total. The van der Waals surface area contributed by atoms with Crippen LogP contribution >= 0.6 is 23.2 Å². The van der Waals surface area contributed by atoms with Crippen molar-refractivity contribution in [3.63, 3.8) is 0 Å². The predicted octanol–water partition coefficient (Wildman–Crippen LogP) is 2.24. The molecular formula is C8H7Cl2NO. The van der Waals surface area contributed by atoms with Gasteiger partial charge in [-0.05, 0) is 12.1 Å². The lowest BCUT2D eigenvalue weighted by atomic mass is 10.2. The lowest BCUT2D eigenvalue weighted by Crippen LogP contribution is -2.10. The molecular weight excluding hydrogens is 197 g/mol. The molecule has 1 aromatic carbocycles. The van der Waals surface area contributed by atoms with Crippen LogP contribution in [-0.4, -0.2) is 6.41 Å². The fourth-order valence-electron chi connectivity index (χ4n) is 0.845. The van der Waals surface area contributed by atoms with Crippen molar-refractivity contribution >= 4 is 29.6 Å². The molecule has 0 aliphatic heterocycles. The van der Waals surface area contributed by atoms with Crippen molar-refractivity contribution in [3.05, 3.63) is 33.8 Å². The summed E-state index contributed by atoms with van der Waals surface area (Å²) in [4.78, 5) is 10.0. The van der Waals surface area contributed by atoms with E-state index in [0.717, 1.165) is 5.56 Å². The minimum atomic E-state index is 0.363. The van der Waals surface area contributed by atoms with Crippen LogP contribution in [-0.2, 0) is 11.3 Å². The van der Waals surface area contributed by atoms with Crippen LogP contribution in [0, 0.1) is 0 Å². The molecule has 4 heteroatoms. The van der Waals surface area contributed by atoms with Crippen LogP contribution in [0.4, 0.5) is 0 Å². The second-order valence-corrected chi connectivity index (χ2v) is 3.01. The Kier molecular flexibility index (Phi) is 3.38. The van der Waals surface area contributed by atoms with Crippen molar-refractivity contribution in [2.75, 3.05) is 0 Å². The third kappa shape index (κ3) is 2.13. The zero-order valence-corrected chi connectivity index (χ0v) is 7.69. The van der Waals surface area contributed by atoms with Gasteiger partial charge in [-0.25, -0.2) is 0 Å². The van der Waals surface area contributed by atoms with Crippen molar-refractivity contribution < 1.29 is 4.79 Å². The monoisotopic (exact) mass is 203 g/mol. The summed E-state index contributed by atoms with van der Waals surface area (Å²) in [5, 5.41) is 3.63. The molecule has 0 saturated carbocycles. The smallest absolute Gasteiger partial charge is 0.207 e. The molecule has 2 nitrogen and oxygen atoms in total. The van der Waals surface area contributed by atoms with Gasteiger partial charge in [0.25, 0.3) is 0 Å². The van der Waals surface area contributed by atoms with E-state index in [9.17, 15) is 4.79 Å². The Bertz CT molecular complexity index is 268. The van der Waals surface area contributed by atoms with Crippen molar-refractivity contribution in [2.24, 2.45) is 0 Å². The Labute approximate surface area is 80.5 Å². The molecule has 0 heterocycles. The number of rotatable bonds is 3. The standard InChI is InChI=1S/C8H7Cl2NO/c9-7-2-1-3-8(10)6(7)4-11-5-12/h1-3,5H,4H2,(H,11,12). The van der Waals surface area contributed by atoms with E-state index >= 15 is 0 Å². The summed E-state index contributed by atoms with van der Waals surface area (Å²) in [6, 6.07) is 5.22. The topological polar surface area (TPSA) is 29.1 Å². The first-order chi connectivity index (χ1) is 5.75. The van der Waals surface area contributed by atoms with Crippen molar-refractivity contribution in [1.82, 2.24) is 5.32 Å². The molecule has 1 rings (SSSR count). The zero-order valence-electron chi connectivity index (χ0n) is 6.18. The van der Waals surface area contributed by atoms with Crippen LogP contribution in [0.25, 0.3) is 0 Å². The third-order valence-corrected chi connectivity index (χ3v) is 2.13. The van der Waals surface area contributed by atoms with Gasteiger partial charge in [-0.15, -0.1) is 0 Å². The highest BCUT2D eigenvalue weighted by Gasteiger charge is 2.03. The summed E-state index contributed by atoms with van der Waals surface area (Å²) in [6.45, 7) is 0.363. The highest BCUT2D eigenvalue weighted by atomic mass is 35.5. The average molecular weight is 204 g/mol. The molecule has 0 radical (unpaired) electrons. The molecule has 12 heavy (non-hydrogen) atoms. The van der Waals surface area contributed by atoms with E-state index in [2.05, 4.69) is 5.32 Å². The lowest BCUT2D eigenvalue weighted by Gasteiger charge is -2.04. The first kappa shape index (κ1) is 9.36. The quantitative estimate of drug-likeness (QED) is 0.751. The lowest BCUT2D eigenvalue weighted by molar-refractivity contribution is -0.109. The first-order valence-corrected chi connectivity index (χ1v) is 4.11. The number of hydrogen-bond acceptors (Lipinski definition) is 1. The van der Waals surface area contributed by atoms with E-state index in [1.165, 1.54) is 0 Å². The van der Waals surface area contributed by atoms with Crippen LogP contribution in [0.15, 0.2) is 18.2 Å². The van der Waals surface area contributed by atoms with Crippen LogP contribution < -0.4 is 5.32 Å². The highest BCUT2D eigenvalue weighted by molar-refractivity contribution is 6.35. The van der Waals surface area contributed by atoms with E-state index in [0.29, 0.717) is 23.0 Å². The predicted molar refractivity (Wildman–Crippen MR) is 49.4 cm³/mol. The molecule has 64 valence electrons. The number of nitrogens with one attached hydrogen (secondary N) is 1. The van der Waals surface area contributed by atoms with E-state index in [1.54, 1.807) is 18.2 Å². The maximum atomic E-state index is 10.0. The minimum absolute atomic E-state index is 0.363. The van der Waals surface area contributed by atoms with Gasteiger partial charge in [-0.1, -0.05) is 29.3 Å². The normalized spacial score (nSPS) is 9.50. The molecule has 0 aliphatic rings. The van der Waals surface area contributed by atoms with Crippen molar-refractivity contribution in [3.8, 4) is 0 Å². The van der Waals surface area contributed by atoms with Gasteiger partial charge in [0, 0.05) is 22.2 Å². The minimum Gasteiger partial charge on any atom is -0.354 e. The number of amides is 1. The van der Waals surface area contributed by atoms with Crippen molar-refractivity contribution in [2.45, 2.75) is 6.54 Å².